The number of furan rings is 1. The van der Waals surface area contributed by atoms with Gasteiger partial charge in [-0.1, -0.05) is 30.3 Å². The average molecular weight is 460 g/mol. The first-order valence-corrected chi connectivity index (χ1v) is 9.42. The van der Waals surface area contributed by atoms with Crippen molar-refractivity contribution in [3.8, 4) is 0 Å². The van der Waals surface area contributed by atoms with Crippen LogP contribution in [0.25, 0.3) is 0 Å². The van der Waals surface area contributed by atoms with Crippen molar-refractivity contribution in [3.63, 3.8) is 0 Å². The van der Waals surface area contributed by atoms with E-state index < -0.39 is 18.0 Å². The lowest BCUT2D eigenvalue weighted by atomic mass is 10.1. The number of hydrazone groups is 1. The molecule has 3 aromatic rings. The average Bonchev–Trinajstić information content (AvgIpc) is 3.38. The minimum absolute atomic E-state index is 0.0938. The van der Waals surface area contributed by atoms with Gasteiger partial charge in [-0.3, -0.25) is 4.79 Å². The van der Waals surface area contributed by atoms with Crippen molar-refractivity contribution in [2.75, 3.05) is 0 Å². The van der Waals surface area contributed by atoms with Crippen LogP contribution in [0, 0.1) is 0 Å². The number of nitrogens with one attached hydrogen (secondary N) is 3. The van der Waals surface area contributed by atoms with Crippen LogP contribution in [0.15, 0.2) is 69.2 Å². The van der Waals surface area contributed by atoms with Crippen LogP contribution in [-0.2, 0) is 22.6 Å². The first kappa shape index (κ1) is 20.3. The Kier molecular flexibility index (Phi) is 7.17. The Labute approximate surface area is 174 Å². The molecule has 2 amide bonds. The summed E-state index contributed by atoms with van der Waals surface area (Å²) in [6, 6.07) is 11.7. The predicted octanol–water partition coefficient (Wildman–Crippen LogP) is 2.75. The standard InChI is InChI=1S/C19H18BrN5O4/c20-17-7-6-15(29-17)10-23-25-18(26)16(8-14-9-21-12-22-14)24-19(27)28-11-13-4-2-1-3-5-13/h1-7,9-10,12,16H,8,11H2,(H,21,22)(H,24,27)(H,25,26)/b23-10-/t16-/m0/s1. The minimum Gasteiger partial charge on any atom is -0.448 e. The normalized spacial score (nSPS) is 11.9. The molecule has 0 saturated heterocycles. The van der Waals surface area contributed by atoms with E-state index in [2.05, 4.69) is 41.7 Å². The number of imidazole rings is 1. The van der Waals surface area contributed by atoms with Gasteiger partial charge in [-0.2, -0.15) is 5.10 Å². The van der Waals surface area contributed by atoms with Gasteiger partial charge in [0.2, 0.25) is 0 Å². The van der Waals surface area contributed by atoms with E-state index in [1.54, 1.807) is 18.3 Å². The number of alkyl carbamates (subject to hydrolysis) is 1. The lowest BCUT2D eigenvalue weighted by Gasteiger charge is -2.16. The maximum Gasteiger partial charge on any atom is 0.408 e. The van der Waals surface area contributed by atoms with Gasteiger partial charge in [-0.25, -0.2) is 15.2 Å². The number of halogens is 1. The Morgan fingerprint density at radius 2 is 2.10 bits per heavy atom. The molecule has 1 aromatic carbocycles. The molecule has 0 saturated carbocycles. The molecule has 0 fully saturated rings. The van der Waals surface area contributed by atoms with Crippen molar-refractivity contribution in [2.45, 2.75) is 19.1 Å². The van der Waals surface area contributed by atoms with Crippen LogP contribution in [0.1, 0.15) is 17.0 Å². The number of nitrogens with zero attached hydrogens (tertiary/aromatic N) is 2. The van der Waals surface area contributed by atoms with Crippen molar-refractivity contribution in [3.05, 3.63) is 76.7 Å². The molecule has 2 heterocycles. The lowest BCUT2D eigenvalue weighted by Crippen LogP contribution is -2.47. The highest BCUT2D eigenvalue weighted by Crippen LogP contribution is 2.12. The van der Waals surface area contributed by atoms with Gasteiger partial charge < -0.3 is 19.5 Å². The molecule has 1 atom stereocenters. The number of benzene rings is 1. The maximum absolute atomic E-state index is 12.5. The molecule has 2 aromatic heterocycles. The van der Waals surface area contributed by atoms with Gasteiger partial charge in [-0.05, 0) is 33.6 Å². The van der Waals surface area contributed by atoms with E-state index in [1.165, 1.54) is 12.5 Å². The molecular formula is C19H18BrN5O4. The summed E-state index contributed by atoms with van der Waals surface area (Å²) in [7, 11) is 0. The van der Waals surface area contributed by atoms with Gasteiger partial charge in [-0.15, -0.1) is 0 Å². The summed E-state index contributed by atoms with van der Waals surface area (Å²) in [5, 5.41) is 6.40. The summed E-state index contributed by atoms with van der Waals surface area (Å²) in [6.07, 6.45) is 3.89. The van der Waals surface area contributed by atoms with Crippen molar-refractivity contribution in [1.29, 1.82) is 0 Å². The van der Waals surface area contributed by atoms with Gasteiger partial charge >= 0.3 is 6.09 Å². The zero-order valence-electron chi connectivity index (χ0n) is 15.2. The van der Waals surface area contributed by atoms with Gasteiger partial charge in [0, 0.05) is 18.3 Å². The summed E-state index contributed by atoms with van der Waals surface area (Å²) in [4.78, 5) is 31.5. The SMILES string of the molecule is O=C(N[C@@H](Cc1cnc[nH]1)C(=O)N/N=C\c1ccc(Br)o1)OCc1ccccc1. The van der Waals surface area contributed by atoms with E-state index in [-0.39, 0.29) is 13.0 Å². The van der Waals surface area contributed by atoms with E-state index in [0.717, 1.165) is 5.56 Å². The molecule has 0 aliphatic heterocycles. The number of rotatable bonds is 8. The van der Waals surface area contributed by atoms with Gasteiger partial charge in [0.15, 0.2) is 4.67 Å². The van der Waals surface area contributed by atoms with Crippen LogP contribution >= 0.6 is 15.9 Å². The van der Waals surface area contributed by atoms with E-state index >= 15 is 0 Å². The Balaban J connectivity index is 1.58. The Hall–Kier alpha value is -3.40. The molecule has 0 radical (unpaired) electrons. The molecular weight excluding hydrogens is 442 g/mol. The third-order valence-corrected chi connectivity index (χ3v) is 4.19. The maximum atomic E-state index is 12.5. The highest BCUT2D eigenvalue weighted by molar-refractivity contribution is 9.10. The van der Waals surface area contributed by atoms with Crippen LogP contribution in [0.4, 0.5) is 4.79 Å². The Morgan fingerprint density at radius 1 is 1.28 bits per heavy atom. The Morgan fingerprint density at radius 3 is 2.79 bits per heavy atom. The lowest BCUT2D eigenvalue weighted by molar-refractivity contribution is -0.123. The third kappa shape index (κ3) is 6.61. The van der Waals surface area contributed by atoms with E-state index in [1.807, 2.05) is 30.3 Å². The molecule has 3 N–H and O–H groups in total. The quantitative estimate of drug-likeness (QED) is 0.353. The summed E-state index contributed by atoms with van der Waals surface area (Å²) in [5.41, 5.74) is 3.90. The topological polar surface area (TPSA) is 122 Å². The second kappa shape index (κ2) is 10.2. The highest BCUT2D eigenvalue weighted by atomic mass is 79.9. The van der Waals surface area contributed by atoms with Crippen LogP contribution in [0.2, 0.25) is 0 Å². The summed E-state index contributed by atoms with van der Waals surface area (Å²) in [5.74, 6) is -0.0596. The predicted molar refractivity (Wildman–Crippen MR) is 108 cm³/mol. The van der Waals surface area contributed by atoms with E-state index in [0.29, 0.717) is 16.1 Å². The molecule has 10 heteroatoms. The Bertz CT molecular complexity index is 956. The highest BCUT2D eigenvalue weighted by Gasteiger charge is 2.22. The molecule has 0 unspecified atom stereocenters. The van der Waals surface area contributed by atoms with Gasteiger partial charge in [0.05, 0.1) is 12.5 Å². The number of carbonyl (C=O) groups excluding carboxylic acids is 2. The van der Waals surface area contributed by atoms with E-state index in [9.17, 15) is 9.59 Å². The summed E-state index contributed by atoms with van der Waals surface area (Å²) >= 11 is 3.18. The number of hydrogen-bond donors (Lipinski definition) is 3. The number of ether oxygens (including phenoxy) is 1. The third-order valence-electron chi connectivity index (χ3n) is 3.76. The van der Waals surface area contributed by atoms with Crippen LogP contribution < -0.4 is 10.7 Å². The number of H-pyrrole nitrogens is 1. The molecule has 0 bridgehead atoms. The molecule has 3 rings (SSSR count). The van der Waals surface area contributed by atoms with Crippen molar-refractivity contribution < 1.29 is 18.7 Å². The number of aromatic amines is 1. The van der Waals surface area contributed by atoms with Gasteiger partial charge in [0.1, 0.15) is 18.4 Å². The number of carbonyl (C=O) groups is 2. The van der Waals surface area contributed by atoms with Crippen molar-refractivity contribution >= 4 is 34.1 Å². The molecule has 29 heavy (non-hydrogen) atoms. The van der Waals surface area contributed by atoms with E-state index in [4.69, 9.17) is 9.15 Å². The molecule has 150 valence electrons. The van der Waals surface area contributed by atoms with Crippen molar-refractivity contribution in [2.24, 2.45) is 5.10 Å². The molecule has 0 aliphatic carbocycles. The fourth-order valence-corrected chi connectivity index (χ4v) is 2.69. The van der Waals surface area contributed by atoms with Gasteiger partial charge in [0.25, 0.3) is 5.91 Å². The van der Waals surface area contributed by atoms with Crippen LogP contribution in [-0.4, -0.2) is 34.2 Å². The molecule has 9 nitrogen and oxygen atoms in total. The monoisotopic (exact) mass is 459 g/mol. The summed E-state index contributed by atoms with van der Waals surface area (Å²) < 4.78 is 11.0. The van der Waals surface area contributed by atoms with Crippen LogP contribution in [0.3, 0.4) is 0 Å². The largest absolute Gasteiger partial charge is 0.448 e. The minimum atomic E-state index is -0.917. The number of aromatic nitrogens is 2. The summed E-state index contributed by atoms with van der Waals surface area (Å²) in [6.45, 7) is 0.0938. The zero-order valence-corrected chi connectivity index (χ0v) is 16.8. The second-order valence-electron chi connectivity index (χ2n) is 5.92. The smallest absolute Gasteiger partial charge is 0.408 e. The fourth-order valence-electron chi connectivity index (χ4n) is 2.37. The molecule has 0 aliphatic rings. The number of hydrogen-bond acceptors (Lipinski definition) is 6. The molecule has 0 spiro atoms. The fraction of sp³-hybridized carbons (Fsp3) is 0.158. The first-order valence-electron chi connectivity index (χ1n) is 8.63. The second-order valence-corrected chi connectivity index (χ2v) is 6.70. The number of amides is 2. The first-order chi connectivity index (χ1) is 14.1. The zero-order chi connectivity index (χ0) is 20.5. The van der Waals surface area contributed by atoms with Crippen LogP contribution in [0.5, 0.6) is 0 Å². The van der Waals surface area contributed by atoms with Crippen molar-refractivity contribution in [1.82, 2.24) is 20.7 Å².